The van der Waals surface area contributed by atoms with E-state index in [2.05, 4.69) is 22.8 Å². The topological polar surface area (TPSA) is 58.2 Å². The van der Waals surface area contributed by atoms with Crippen LogP contribution in [0, 0.1) is 0 Å². The molecule has 0 saturated carbocycles. The molecule has 4 rings (SSSR count). The van der Waals surface area contributed by atoms with Gasteiger partial charge in [-0.15, -0.1) is 11.8 Å². The maximum Gasteiger partial charge on any atom is 0.272 e. The number of hydrogen-bond donors (Lipinski definition) is 2. The average molecular weight is 533 g/mol. The molecule has 2 amide bonds. The lowest BCUT2D eigenvalue weighted by Gasteiger charge is -2.13. The number of carbonyl (C=O) groups excluding carboxylic acids is 2. The third kappa shape index (κ3) is 7.01. The number of anilines is 1. The van der Waals surface area contributed by atoms with E-state index >= 15 is 0 Å². The molecule has 180 valence electrons. The van der Waals surface area contributed by atoms with E-state index in [4.69, 9.17) is 23.2 Å². The molecule has 0 atom stereocenters. The van der Waals surface area contributed by atoms with Gasteiger partial charge in [0.1, 0.15) is 5.70 Å². The fourth-order valence-corrected chi connectivity index (χ4v) is 4.61. The highest BCUT2D eigenvalue weighted by atomic mass is 35.5. The van der Waals surface area contributed by atoms with Crippen LogP contribution >= 0.6 is 35.0 Å². The summed E-state index contributed by atoms with van der Waals surface area (Å²) in [4.78, 5) is 27.1. The number of rotatable bonds is 8. The highest BCUT2D eigenvalue weighted by molar-refractivity contribution is 7.98. The second-order valence-corrected chi connectivity index (χ2v) is 9.61. The zero-order valence-corrected chi connectivity index (χ0v) is 21.4. The quantitative estimate of drug-likeness (QED) is 0.180. The van der Waals surface area contributed by atoms with E-state index in [1.165, 1.54) is 11.6 Å². The average Bonchev–Trinajstić information content (AvgIpc) is 2.91. The van der Waals surface area contributed by atoms with Crippen molar-refractivity contribution < 1.29 is 9.59 Å². The first-order valence-electron chi connectivity index (χ1n) is 11.1. The van der Waals surface area contributed by atoms with Crippen LogP contribution in [0.2, 0.25) is 10.0 Å². The Kier molecular flexibility index (Phi) is 8.85. The summed E-state index contributed by atoms with van der Waals surface area (Å²) >= 11 is 14.2. The highest BCUT2D eigenvalue weighted by Crippen LogP contribution is 2.28. The Morgan fingerprint density at radius 1 is 0.806 bits per heavy atom. The van der Waals surface area contributed by atoms with Gasteiger partial charge in [0.15, 0.2) is 0 Å². The Balaban J connectivity index is 1.55. The lowest BCUT2D eigenvalue weighted by molar-refractivity contribution is -0.113. The first-order valence-corrected chi connectivity index (χ1v) is 12.8. The molecule has 0 aliphatic carbocycles. The van der Waals surface area contributed by atoms with Crippen molar-refractivity contribution in [2.75, 3.05) is 5.32 Å². The molecule has 0 bridgehead atoms. The summed E-state index contributed by atoms with van der Waals surface area (Å²) in [7, 11) is 0. The predicted octanol–water partition coefficient (Wildman–Crippen LogP) is 7.70. The zero-order chi connectivity index (χ0) is 25.3. The third-order valence-corrected chi connectivity index (χ3v) is 7.05. The van der Waals surface area contributed by atoms with Crippen LogP contribution in [-0.2, 0) is 10.5 Å². The Hall–Kier alpha value is -3.51. The van der Waals surface area contributed by atoms with Crippen molar-refractivity contribution >= 4 is 58.5 Å². The Morgan fingerprint density at radius 2 is 1.50 bits per heavy atom. The van der Waals surface area contributed by atoms with Gasteiger partial charge < -0.3 is 10.6 Å². The number of hydrogen-bond acceptors (Lipinski definition) is 3. The first kappa shape index (κ1) is 25.6. The summed E-state index contributed by atoms with van der Waals surface area (Å²) in [5.41, 5.74) is 2.79. The number of halogens is 2. The van der Waals surface area contributed by atoms with Gasteiger partial charge in [-0.05, 0) is 53.6 Å². The van der Waals surface area contributed by atoms with E-state index in [0.29, 0.717) is 21.8 Å². The lowest BCUT2D eigenvalue weighted by atomic mass is 10.1. The van der Waals surface area contributed by atoms with Gasteiger partial charge in [0.2, 0.25) is 0 Å². The van der Waals surface area contributed by atoms with Crippen LogP contribution in [-0.4, -0.2) is 11.8 Å². The standard InChI is InChI=1S/C29H22Cl2N2O2S/c30-25-16-7-13-22(27(25)31)17-26(33-28(34)21-11-5-2-6-12-21)29(35)32-23-14-8-15-24(18-23)36-19-20-9-3-1-4-10-20/h1-18H,19H2,(H,32,35)(H,33,34)/b26-17+. The van der Waals surface area contributed by atoms with Crippen molar-refractivity contribution in [1.82, 2.24) is 5.32 Å². The number of carbonyl (C=O) groups is 2. The summed E-state index contributed by atoms with van der Waals surface area (Å²) in [5.74, 6) is -0.0908. The molecular weight excluding hydrogens is 511 g/mol. The van der Waals surface area contributed by atoms with Crippen molar-refractivity contribution in [3.8, 4) is 0 Å². The smallest absolute Gasteiger partial charge is 0.272 e. The van der Waals surface area contributed by atoms with E-state index < -0.39 is 11.8 Å². The summed E-state index contributed by atoms with van der Waals surface area (Å²) in [6, 6.07) is 31.5. The molecule has 4 aromatic carbocycles. The summed E-state index contributed by atoms with van der Waals surface area (Å²) in [6.07, 6.45) is 1.51. The van der Waals surface area contributed by atoms with Crippen molar-refractivity contribution in [1.29, 1.82) is 0 Å². The molecule has 0 aliphatic rings. The summed E-state index contributed by atoms with van der Waals surface area (Å²) in [6.45, 7) is 0. The van der Waals surface area contributed by atoms with Crippen molar-refractivity contribution in [3.05, 3.63) is 136 Å². The molecule has 4 aromatic rings. The second-order valence-electron chi connectivity index (χ2n) is 7.78. The molecule has 0 heterocycles. The van der Waals surface area contributed by atoms with Crippen LogP contribution in [0.15, 0.2) is 114 Å². The van der Waals surface area contributed by atoms with Crippen LogP contribution in [0.25, 0.3) is 6.08 Å². The Morgan fingerprint density at radius 3 is 2.25 bits per heavy atom. The van der Waals surface area contributed by atoms with Crippen LogP contribution < -0.4 is 10.6 Å². The van der Waals surface area contributed by atoms with E-state index in [1.54, 1.807) is 60.3 Å². The highest BCUT2D eigenvalue weighted by Gasteiger charge is 2.16. The third-order valence-electron chi connectivity index (χ3n) is 5.15. The van der Waals surface area contributed by atoms with E-state index in [9.17, 15) is 9.59 Å². The molecule has 0 spiro atoms. The molecule has 0 fully saturated rings. The number of benzene rings is 4. The molecule has 36 heavy (non-hydrogen) atoms. The largest absolute Gasteiger partial charge is 0.321 e. The minimum absolute atomic E-state index is 0.0374. The van der Waals surface area contributed by atoms with E-state index in [1.807, 2.05) is 42.5 Å². The maximum absolute atomic E-state index is 13.3. The van der Waals surface area contributed by atoms with E-state index in [0.717, 1.165) is 10.6 Å². The molecule has 0 unspecified atom stereocenters. The zero-order valence-electron chi connectivity index (χ0n) is 19.1. The van der Waals surface area contributed by atoms with Gasteiger partial charge in [-0.25, -0.2) is 0 Å². The van der Waals surface area contributed by atoms with Crippen LogP contribution in [0.1, 0.15) is 21.5 Å². The molecule has 0 aliphatic heterocycles. The first-order chi connectivity index (χ1) is 17.5. The van der Waals surface area contributed by atoms with Crippen molar-refractivity contribution in [2.45, 2.75) is 10.6 Å². The molecule has 0 aromatic heterocycles. The maximum atomic E-state index is 13.3. The molecular formula is C29H22Cl2N2O2S. The second kappa shape index (κ2) is 12.5. The number of nitrogens with one attached hydrogen (secondary N) is 2. The van der Waals surface area contributed by atoms with Crippen molar-refractivity contribution in [2.24, 2.45) is 0 Å². The fourth-order valence-electron chi connectivity index (χ4n) is 3.33. The molecule has 0 saturated heterocycles. The fraction of sp³-hybridized carbons (Fsp3) is 0.0345. The van der Waals surface area contributed by atoms with Gasteiger partial charge in [0.05, 0.1) is 10.0 Å². The van der Waals surface area contributed by atoms with Gasteiger partial charge in [-0.3, -0.25) is 9.59 Å². The van der Waals surface area contributed by atoms with E-state index in [-0.39, 0.29) is 10.7 Å². The number of thioether (sulfide) groups is 1. The van der Waals surface area contributed by atoms with Gasteiger partial charge >= 0.3 is 0 Å². The summed E-state index contributed by atoms with van der Waals surface area (Å²) < 4.78 is 0. The molecule has 0 radical (unpaired) electrons. The van der Waals surface area contributed by atoms with Crippen molar-refractivity contribution in [3.63, 3.8) is 0 Å². The summed E-state index contributed by atoms with van der Waals surface area (Å²) in [5, 5.41) is 6.23. The van der Waals surface area contributed by atoms with Crippen LogP contribution in [0.4, 0.5) is 5.69 Å². The van der Waals surface area contributed by atoms with Crippen LogP contribution in [0.3, 0.4) is 0 Å². The van der Waals surface area contributed by atoms with Gasteiger partial charge in [-0.1, -0.05) is 89.9 Å². The normalized spacial score (nSPS) is 11.1. The lowest BCUT2D eigenvalue weighted by Crippen LogP contribution is -2.30. The van der Waals surface area contributed by atoms with Gasteiger partial charge in [-0.2, -0.15) is 0 Å². The SMILES string of the molecule is O=C(Nc1cccc(SCc2ccccc2)c1)/C(=C\c1cccc(Cl)c1Cl)NC(=O)c1ccccc1. The number of amides is 2. The molecule has 7 heteroatoms. The van der Waals surface area contributed by atoms with Crippen LogP contribution in [0.5, 0.6) is 0 Å². The predicted molar refractivity (Wildman–Crippen MR) is 149 cm³/mol. The Bertz CT molecular complexity index is 1390. The molecule has 2 N–H and O–H groups in total. The Labute approximate surface area is 224 Å². The molecule has 4 nitrogen and oxygen atoms in total. The van der Waals surface area contributed by atoms with Gasteiger partial charge in [0, 0.05) is 21.9 Å². The van der Waals surface area contributed by atoms with Gasteiger partial charge in [0.25, 0.3) is 11.8 Å². The minimum atomic E-state index is -0.486. The minimum Gasteiger partial charge on any atom is -0.321 e. The monoisotopic (exact) mass is 532 g/mol.